The van der Waals surface area contributed by atoms with Gasteiger partial charge in [-0.3, -0.25) is 4.90 Å². The molecule has 0 amide bonds. The first-order valence-electron chi connectivity index (χ1n) is 8.49. The summed E-state index contributed by atoms with van der Waals surface area (Å²) in [6.07, 6.45) is 8.23. The van der Waals surface area contributed by atoms with E-state index in [-0.39, 0.29) is 0 Å². The van der Waals surface area contributed by atoms with Crippen molar-refractivity contribution in [3.63, 3.8) is 0 Å². The van der Waals surface area contributed by atoms with Gasteiger partial charge in [-0.2, -0.15) is 0 Å². The minimum atomic E-state index is 0.553. The van der Waals surface area contributed by atoms with Gasteiger partial charge in [-0.25, -0.2) is 0 Å². The second kappa shape index (κ2) is 6.58. The first-order chi connectivity index (χ1) is 9.02. The molecule has 3 unspecified atom stereocenters. The van der Waals surface area contributed by atoms with Crippen molar-refractivity contribution in [3.05, 3.63) is 0 Å². The Hall–Kier alpha value is -0.0800. The topological polar surface area (TPSA) is 15.3 Å². The van der Waals surface area contributed by atoms with Crippen LogP contribution in [0.4, 0.5) is 0 Å². The first-order valence-corrected chi connectivity index (χ1v) is 8.49. The van der Waals surface area contributed by atoms with Gasteiger partial charge in [0.15, 0.2) is 0 Å². The van der Waals surface area contributed by atoms with Crippen LogP contribution in [0.1, 0.15) is 66.2 Å². The van der Waals surface area contributed by atoms with Crippen LogP contribution in [0.5, 0.6) is 0 Å². The summed E-state index contributed by atoms with van der Waals surface area (Å²) < 4.78 is 0. The molecule has 2 heteroatoms. The van der Waals surface area contributed by atoms with E-state index in [1.165, 1.54) is 58.2 Å². The number of rotatable bonds is 6. The van der Waals surface area contributed by atoms with Gasteiger partial charge in [-0.05, 0) is 56.5 Å². The minimum Gasteiger partial charge on any atom is -0.313 e. The van der Waals surface area contributed by atoms with Gasteiger partial charge in [0.05, 0.1) is 0 Å². The van der Waals surface area contributed by atoms with Crippen molar-refractivity contribution in [2.75, 3.05) is 19.6 Å². The van der Waals surface area contributed by atoms with E-state index in [4.69, 9.17) is 0 Å². The van der Waals surface area contributed by atoms with Crippen molar-refractivity contribution >= 4 is 0 Å². The third kappa shape index (κ3) is 4.19. The third-order valence-electron chi connectivity index (χ3n) is 5.18. The summed E-state index contributed by atoms with van der Waals surface area (Å²) in [4.78, 5) is 2.83. The van der Waals surface area contributed by atoms with Crippen LogP contribution < -0.4 is 5.32 Å². The van der Waals surface area contributed by atoms with Crippen LogP contribution in [-0.4, -0.2) is 36.6 Å². The molecule has 3 atom stereocenters. The van der Waals surface area contributed by atoms with Crippen LogP contribution in [0.2, 0.25) is 0 Å². The van der Waals surface area contributed by atoms with Gasteiger partial charge in [-0.1, -0.05) is 34.1 Å². The highest BCUT2D eigenvalue weighted by atomic mass is 15.2. The van der Waals surface area contributed by atoms with Crippen molar-refractivity contribution in [1.82, 2.24) is 10.2 Å². The quantitative estimate of drug-likeness (QED) is 0.789. The number of nitrogens with zero attached hydrogens (tertiary/aromatic N) is 1. The molecule has 2 aliphatic rings. The molecule has 1 aliphatic heterocycles. The van der Waals surface area contributed by atoms with Crippen LogP contribution in [-0.2, 0) is 0 Å². The van der Waals surface area contributed by atoms with Crippen LogP contribution >= 0.6 is 0 Å². The fourth-order valence-corrected chi connectivity index (χ4v) is 4.30. The van der Waals surface area contributed by atoms with Crippen LogP contribution in [0.25, 0.3) is 0 Å². The van der Waals surface area contributed by atoms with Crippen molar-refractivity contribution in [1.29, 1.82) is 0 Å². The summed E-state index contributed by atoms with van der Waals surface area (Å²) in [5.41, 5.74) is 0.553. The van der Waals surface area contributed by atoms with Crippen LogP contribution in [0.3, 0.4) is 0 Å². The van der Waals surface area contributed by atoms with Gasteiger partial charge in [0, 0.05) is 18.6 Å². The Morgan fingerprint density at radius 1 is 1.26 bits per heavy atom. The van der Waals surface area contributed by atoms with Gasteiger partial charge >= 0.3 is 0 Å². The summed E-state index contributed by atoms with van der Waals surface area (Å²) in [5, 5.41) is 3.68. The molecular weight excluding hydrogens is 232 g/mol. The van der Waals surface area contributed by atoms with Gasteiger partial charge in [-0.15, -0.1) is 0 Å². The lowest BCUT2D eigenvalue weighted by Crippen LogP contribution is -2.45. The number of nitrogens with one attached hydrogen (secondary N) is 1. The second-order valence-electron chi connectivity index (χ2n) is 7.76. The molecular formula is C17H34N2. The van der Waals surface area contributed by atoms with Crippen molar-refractivity contribution in [3.8, 4) is 0 Å². The molecule has 1 saturated heterocycles. The van der Waals surface area contributed by atoms with Crippen molar-refractivity contribution in [2.24, 2.45) is 11.3 Å². The summed E-state index contributed by atoms with van der Waals surface area (Å²) in [7, 11) is 0. The van der Waals surface area contributed by atoms with Gasteiger partial charge < -0.3 is 5.32 Å². The minimum absolute atomic E-state index is 0.553. The Labute approximate surface area is 120 Å². The maximum atomic E-state index is 3.68. The predicted octanol–water partition coefficient (Wildman–Crippen LogP) is 3.67. The summed E-state index contributed by atoms with van der Waals surface area (Å²) in [6, 6.07) is 1.58. The molecule has 1 heterocycles. The summed E-state index contributed by atoms with van der Waals surface area (Å²) in [6.45, 7) is 13.5. The first kappa shape index (κ1) is 15.3. The Kier molecular flexibility index (Phi) is 5.30. The van der Waals surface area contributed by atoms with Gasteiger partial charge in [0.25, 0.3) is 0 Å². The second-order valence-corrected chi connectivity index (χ2v) is 7.76. The number of hydrogen-bond acceptors (Lipinski definition) is 2. The Bertz CT molecular complexity index is 268. The molecule has 1 aliphatic carbocycles. The molecule has 2 fully saturated rings. The fourth-order valence-electron chi connectivity index (χ4n) is 4.30. The standard InChI is InChI=1S/C17H34N2/c1-5-6-10-19(13-15-8-7-9-18-15)16-12-17(3,4)11-14(16)2/h14-16,18H,5-13H2,1-4H3. The fraction of sp³-hybridized carbons (Fsp3) is 1.00. The lowest BCUT2D eigenvalue weighted by Gasteiger charge is -2.34. The van der Waals surface area contributed by atoms with Gasteiger partial charge in [0.2, 0.25) is 0 Å². The smallest absolute Gasteiger partial charge is 0.0195 e. The molecule has 0 aromatic carbocycles. The highest BCUT2D eigenvalue weighted by Gasteiger charge is 2.39. The molecule has 2 rings (SSSR count). The molecule has 0 aromatic rings. The third-order valence-corrected chi connectivity index (χ3v) is 5.18. The number of hydrogen-bond donors (Lipinski definition) is 1. The highest BCUT2D eigenvalue weighted by Crippen LogP contribution is 2.43. The lowest BCUT2D eigenvalue weighted by atomic mass is 9.91. The maximum Gasteiger partial charge on any atom is 0.0195 e. The normalized spacial score (nSPS) is 34.3. The largest absolute Gasteiger partial charge is 0.313 e. The van der Waals surface area contributed by atoms with E-state index in [1.54, 1.807) is 0 Å². The van der Waals surface area contributed by atoms with E-state index in [1.807, 2.05) is 0 Å². The predicted molar refractivity (Wildman–Crippen MR) is 83.5 cm³/mol. The molecule has 0 spiro atoms. The van der Waals surface area contributed by atoms with E-state index in [0.29, 0.717) is 5.41 Å². The van der Waals surface area contributed by atoms with Crippen molar-refractivity contribution in [2.45, 2.75) is 78.3 Å². The van der Waals surface area contributed by atoms with Crippen LogP contribution in [0, 0.1) is 11.3 Å². The monoisotopic (exact) mass is 266 g/mol. The average Bonchev–Trinajstić information content (AvgIpc) is 2.92. The van der Waals surface area contributed by atoms with E-state index in [2.05, 4.69) is 37.9 Å². The van der Waals surface area contributed by atoms with E-state index < -0.39 is 0 Å². The molecule has 0 radical (unpaired) electrons. The molecule has 19 heavy (non-hydrogen) atoms. The Morgan fingerprint density at radius 3 is 2.58 bits per heavy atom. The lowest BCUT2D eigenvalue weighted by molar-refractivity contribution is 0.146. The van der Waals surface area contributed by atoms with Crippen molar-refractivity contribution < 1.29 is 0 Å². The zero-order valence-electron chi connectivity index (χ0n) is 13.5. The molecule has 2 nitrogen and oxygen atoms in total. The molecule has 1 N–H and O–H groups in total. The molecule has 0 aromatic heterocycles. The zero-order chi connectivity index (χ0) is 13.9. The Balaban J connectivity index is 1.95. The number of unbranched alkanes of at least 4 members (excludes halogenated alkanes) is 1. The average molecular weight is 266 g/mol. The Morgan fingerprint density at radius 2 is 2.05 bits per heavy atom. The SMILES string of the molecule is CCCCN(CC1CCCN1)C1CC(C)(C)CC1C. The highest BCUT2D eigenvalue weighted by molar-refractivity contribution is 4.94. The van der Waals surface area contributed by atoms with E-state index >= 15 is 0 Å². The molecule has 1 saturated carbocycles. The molecule has 112 valence electrons. The summed E-state index contributed by atoms with van der Waals surface area (Å²) >= 11 is 0. The van der Waals surface area contributed by atoms with Gasteiger partial charge in [0.1, 0.15) is 0 Å². The van der Waals surface area contributed by atoms with E-state index in [0.717, 1.165) is 18.0 Å². The van der Waals surface area contributed by atoms with Crippen LogP contribution in [0.15, 0.2) is 0 Å². The summed E-state index contributed by atoms with van der Waals surface area (Å²) in [5.74, 6) is 0.869. The van der Waals surface area contributed by atoms with E-state index in [9.17, 15) is 0 Å². The zero-order valence-corrected chi connectivity index (χ0v) is 13.5. The maximum absolute atomic E-state index is 3.68. The molecule has 0 bridgehead atoms.